The fourth-order valence-corrected chi connectivity index (χ4v) is 2.94. The minimum Gasteiger partial charge on any atom is -0.388 e. The maximum Gasteiger partial charge on any atom is 0.0791 e. The Bertz CT molecular complexity index is 309. The van der Waals surface area contributed by atoms with Gasteiger partial charge in [0.1, 0.15) is 0 Å². The van der Waals surface area contributed by atoms with Crippen molar-refractivity contribution in [2.24, 2.45) is 0 Å². The second kappa shape index (κ2) is 5.43. The number of nitrogens with one attached hydrogen (secondary N) is 1. The summed E-state index contributed by atoms with van der Waals surface area (Å²) in [5.41, 5.74) is -0.672. The molecule has 0 fully saturated rings. The number of thiophene rings is 1. The lowest BCUT2D eigenvalue weighted by atomic mass is 10.0. The van der Waals surface area contributed by atoms with Crippen molar-refractivity contribution in [3.63, 3.8) is 0 Å². The molecule has 0 aliphatic carbocycles. The average molecular weight is 292 g/mol. The zero-order valence-electron chi connectivity index (χ0n) is 9.38. The van der Waals surface area contributed by atoms with Crippen LogP contribution in [0.2, 0.25) is 0 Å². The molecule has 2 N–H and O–H groups in total. The fraction of sp³-hybridized carbons (Fsp3) is 0.636. The summed E-state index contributed by atoms with van der Waals surface area (Å²) in [7, 11) is 0. The van der Waals surface area contributed by atoms with Crippen LogP contribution in [0.3, 0.4) is 0 Å². The number of hydrogen-bond donors (Lipinski definition) is 2. The highest BCUT2D eigenvalue weighted by atomic mass is 79.9. The van der Waals surface area contributed by atoms with Gasteiger partial charge in [-0.15, -0.1) is 11.3 Å². The summed E-state index contributed by atoms with van der Waals surface area (Å²) >= 11 is 5.09. The highest BCUT2D eigenvalue weighted by Crippen LogP contribution is 2.23. The smallest absolute Gasteiger partial charge is 0.0791 e. The summed E-state index contributed by atoms with van der Waals surface area (Å²) in [6, 6.07) is 2.47. The maximum atomic E-state index is 10.2. The molecular formula is C11H18BrNOS. The Morgan fingerprint density at radius 1 is 1.60 bits per heavy atom. The summed E-state index contributed by atoms with van der Waals surface area (Å²) in [4.78, 5) is 1.21. The van der Waals surface area contributed by atoms with Gasteiger partial charge in [-0.3, -0.25) is 0 Å². The second-order valence-electron chi connectivity index (χ2n) is 4.44. The summed E-state index contributed by atoms with van der Waals surface area (Å²) in [6.45, 7) is 6.66. The van der Waals surface area contributed by atoms with E-state index in [1.165, 1.54) is 4.88 Å². The Balaban J connectivity index is 2.48. The van der Waals surface area contributed by atoms with Crippen LogP contribution >= 0.6 is 27.3 Å². The van der Waals surface area contributed by atoms with Gasteiger partial charge in [0.2, 0.25) is 0 Å². The van der Waals surface area contributed by atoms with E-state index < -0.39 is 5.60 Å². The lowest BCUT2D eigenvalue weighted by molar-refractivity contribution is 0.0589. The van der Waals surface area contributed by atoms with Gasteiger partial charge < -0.3 is 10.4 Å². The largest absolute Gasteiger partial charge is 0.388 e. The van der Waals surface area contributed by atoms with E-state index in [9.17, 15) is 5.11 Å². The molecule has 0 radical (unpaired) electrons. The minimum atomic E-state index is -0.672. The van der Waals surface area contributed by atoms with Crippen molar-refractivity contribution < 1.29 is 5.11 Å². The summed E-state index contributed by atoms with van der Waals surface area (Å²) in [5, 5.41) is 15.5. The Kier molecular flexibility index (Phi) is 4.77. The molecule has 1 unspecified atom stereocenters. The summed E-state index contributed by atoms with van der Waals surface area (Å²) in [6.07, 6.45) is 0.697. The third-order valence-electron chi connectivity index (χ3n) is 2.07. The molecule has 0 saturated heterocycles. The first kappa shape index (κ1) is 13.2. The molecule has 4 heteroatoms. The van der Waals surface area contributed by atoms with E-state index in [0.717, 1.165) is 4.47 Å². The lowest BCUT2D eigenvalue weighted by Crippen LogP contribution is -2.42. The van der Waals surface area contributed by atoms with Gasteiger partial charge in [-0.25, -0.2) is 0 Å². The Hall–Kier alpha value is 0.1000. The van der Waals surface area contributed by atoms with Gasteiger partial charge in [-0.1, -0.05) is 13.8 Å². The lowest BCUT2D eigenvalue weighted by Gasteiger charge is -2.24. The molecule has 1 rings (SSSR count). The SMILES string of the molecule is CC(C)NCC(C)(O)Cc1cc(Br)cs1. The van der Waals surface area contributed by atoms with E-state index in [2.05, 4.69) is 41.2 Å². The predicted octanol–water partition coefficient (Wildman–Crippen LogP) is 2.80. The second-order valence-corrected chi connectivity index (χ2v) is 6.35. The van der Waals surface area contributed by atoms with Gasteiger partial charge in [0.05, 0.1) is 5.60 Å². The van der Waals surface area contributed by atoms with Gasteiger partial charge in [0, 0.05) is 33.7 Å². The molecule has 1 aromatic rings. The van der Waals surface area contributed by atoms with E-state index in [0.29, 0.717) is 19.0 Å². The molecule has 0 amide bonds. The first-order chi connectivity index (χ1) is 6.89. The molecule has 1 atom stereocenters. The van der Waals surface area contributed by atoms with Crippen molar-refractivity contribution in [1.29, 1.82) is 0 Å². The van der Waals surface area contributed by atoms with Crippen molar-refractivity contribution in [1.82, 2.24) is 5.32 Å². The molecule has 0 saturated carbocycles. The van der Waals surface area contributed by atoms with Gasteiger partial charge in [-0.2, -0.15) is 0 Å². The van der Waals surface area contributed by atoms with E-state index in [1.54, 1.807) is 11.3 Å². The zero-order chi connectivity index (χ0) is 11.5. The van der Waals surface area contributed by atoms with Crippen LogP contribution in [-0.4, -0.2) is 23.3 Å². The molecule has 0 aliphatic heterocycles. The number of rotatable bonds is 5. The van der Waals surface area contributed by atoms with Crippen molar-refractivity contribution in [2.45, 2.75) is 38.8 Å². The fourth-order valence-electron chi connectivity index (χ4n) is 1.31. The molecule has 2 nitrogen and oxygen atoms in total. The number of aliphatic hydroxyl groups is 1. The molecule has 86 valence electrons. The van der Waals surface area contributed by atoms with Crippen LogP contribution in [0, 0.1) is 0 Å². The van der Waals surface area contributed by atoms with Crippen LogP contribution in [0.4, 0.5) is 0 Å². The highest BCUT2D eigenvalue weighted by Gasteiger charge is 2.21. The zero-order valence-corrected chi connectivity index (χ0v) is 11.8. The van der Waals surface area contributed by atoms with Gasteiger partial charge in [0.25, 0.3) is 0 Å². The van der Waals surface area contributed by atoms with Crippen LogP contribution in [0.1, 0.15) is 25.6 Å². The van der Waals surface area contributed by atoms with Crippen LogP contribution in [0.25, 0.3) is 0 Å². The molecule has 1 aromatic heterocycles. The topological polar surface area (TPSA) is 32.3 Å². The molecule has 15 heavy (non-hydrogen) atoms. The average Bonchev–Trinajstić information content (AvgIpc) is 2.47. The van der Waals surface area contributed by atoms with Gasteiger partial charge in [0.15, 0.2) is 0 Å². The van der Waals surface area contributed by atoms with E-state index in [1.807, 2.05) is 12.3 Å². The third kappa shape index (κ3) is 5.11. The molecule has 0 aliphatic rings. The molecule has 0 aromatic carbocycles. The first-order valence-corrected chi connectivity index (χ1v) is 6.75. The maximum absolute atomic E-state index is 10.2. The molecule has 1 heterocycles. The van der Waals surface area contributed by atoms with Gasteiger partial charge >= 0.3 is 0 Å². The van der Waals surface area contributed by atoms with Crippen molar-refractivity contribution in [3.8, 4) is 0 Å². The number of halogens is 1. The first-order valence-electron chi connectivity index (χ1n) is 5.08. The molecule has 0 bridgehead atoms. The molecule has 0 spiro atoms. The van der Waals surface area contributed by atoms with Crippen molar-refractivity contribution in [2.75, 3.05) is 6.54 Å². The quantitative estimate of drug-likeness (QED) is 0.874. The van der Waals surface area contributed by atoms with Gasteiger partial charge in [-0.05, 0) is 28.9 Å². The Labute approximate surface area is 104 Å². The van der Waals surface area contributed by atoms with Crippen LogP contribution in [-0.2, 0) is 6.42 Å². The minimum absolute atomic E-state index is 0.409. The van der Waals surface area contributed by atoms with Crippen molar-refractivity contribution in [3.05, 3.63) is 20.8 Å². The predicted molar refractivity (Wildman–Crippen MR) is 69.5 cm³/mol. The van der Waals surface area contributed by atoms with Crippen LogP contribution < -0.4 is 5.32 Å². The van der Waals surface area contributed by atoms with Crippen molar-refractivity contribution >= 4 is 27.3 Å². The van der Waals surface area contributed by atoms with Crippen LogP contribution in [0.5, 0.6) is 0 Å². The molecular weight excluding hydrogens is 274 g/mol. The van der Waals surface area contributed by atoms with E-state index in [-0.39, 0.29) is 0 Å². The normalized spacial score (nSPS) is 15.6. The summed E-state index contributed by atoms with van der Waals surface area (Å²) in [5.74, 6) is 0. The van der Waals surface area contributed by atoms with Crippen LogP contribution in [0.15, 0.2) is 15.9 Å². The third-order valence-corrected chi connectivity index (χ3v) is 3.77. The summed E-state index contributed by atoms with van der Waals surface area (Å²) < 4.78 is 1.09. The Morgan fingerprint density at radius 3 is 2.73 bits per heavy atom. The Morgan fingerprint density at radius 2 is 2.27 bits per heavy atom. The van der Waals surface area contributed by atoms with E-state index >= 15 is 0 Å². The highest BCUT2D eigenvalue weighted by molar-refractivity contribution is 9.10. The number of hydrogen-bond acceptors (Lipinski definition) is 3. The monoisotopic (exact) mass is 291 g/mol. The van der Waals surface area contributed by atoms with E-state index in [4.69, 9.17) is 0 Å². The standard InChI is InChI=1S/C11H18BrNOS/c1-8(2)13-7-11(3,14)5-10-4-9(12)6-15-10/h4,6,8,13-14H,5,7H2,1-3H3.